The minimum absolute atomic E-state index is 0.00928. The van der Waals surface area contributed by atoms with Gasteiger partial charge in [0, 0.05) is 6.42 Å². The Labute approximate surface area is 218 Å². The van der Waals surface area contributed by atoms with Crippen molar-refractivity contribution < 1.29 is 18.6 Å². The van der Waals surface area contributed by atoms with Gasteiger partial charge in [-0.3, -0.25) is 9.36 Å². The van der Waals surface area contributed by atoms with Crippen LogP contribution in [0, 0.1) is 0 Å². The van der Waals surface area contributed by atoms with Crippen molar-refractivity contribution in [2.24, 2.45) is 0 Å². The van der Waals surface area contributed by atoms with Gasteiger partial charge >= 0.3 is 6.07 Å². The predicted molar refractivity (Wildman–Crippen MR) is 146 cm³/mol. The van der Waals surface area contributed by atoms with Crippen LogP contribution in [0.1, 0.15) is 63.9 Å². The fourth-order valence-corrected chi connectivity index (χ4v) is 5.22. The van der Waals surface area contributed by atoms with Gasteiger partial charge in [0.05, 0.1) is 25.1 Å². The number of benzene rings is 2. The minimum Gasteiger partial charge on any atom is -0.376 e. The minimum atomic E-state index is -3.66. The predicted octanol–water partition coefficient (Wildman–Crippen LogP) is 9.24. The smallest absolute Gasteiger partial charge is 0.376 e. The molecule has 0 fully saturated rings. The van der Waals surface area contributed by atoms with E-state index in [1.165, 1.54) is 32.1 Å². The quantitative estimate of drug-likeness (QED) is 0.147. The summed E-state index contributed by atoms with van der Waals surface area (Å²) in [5.41, 5.74) is 3.33. The van der Waals surface area contributed by atoms with Gasteiger partial charge in [0.1, 0.15) is 0 Å². The molecule has 0 saturated carbocycles. The van der Waals surface area contributed by atoms with Gasteiger partial charge in [-0.25, -0.2) is 0 Å². The Bertz CT molecular complexity index is 874. The summed E-state index contributed by atoms with van der Waals surface area (Å²) in [5.74, 6) is 0. The Morgan fingerprint density at radius 1 is 0.882 bits per heavy atom. The number of hydrogen-bond donors (Lipinski definition) is 0. The zero-order chi connectivity index (χ0) is 24.7. The van der Waals surface area contributed by atoms with E-state index in [-0.39, 0.29) is 23.6 Å². The lowest BCUT2D eigenvalue weighted by molar-refractivity contribution is -0.111. The maximum absolute atomic E-state index is 12.4. The largest absolute Gasteiger partial charge is 0.380 e. The molecule has 2 aromatic carbocycles. The average Bonchev–Trinajstić information content (AvgIpc) is 2.82. The average molecular weight is 546 g/mol. The van der Waals surface area contributed by atoms with Gasteiger partial charge in [-0.2, -0.15) is 0 Å². The molecule has 188 valence electrons. The number of unbranched alkanes of at least 4 members (excludes halogenated alkanes) is 6. The highest BCUT2D eigenvalue weighted by Gasteiger charge is 2.21. The van der Waals surface area contributed by atoms with Crippen molar-refractivity contribution in [2.45, 2.75) is 70.1 Å². The summed E-state index contributed by atoms with van der Waals surface area (Å²) >= 11 is 12.2. The van der Waals surface area contributed by atoms with Crippen molar-refractivity contribution in [2.75, 3.05) is 13.2 Å². The van der Waals surface area contributed by atoms with E-state index in [2.05, 4.69) is 31.2 Å². The standard InChI is InChI=1S/C26H35Cl2O4PS/c1-2-3-4-5-6-7-11-14-26(29)34-25(21-32-33(27,28)30)20-31-19-22-15-17-24(18-16-22)23-12-9-8-10-13-23/h8-10,12-13,15-18,25H,2-7,11,14,19-21H2,1H3/t25-/m1/s1. The van der Waals surface area contributed by atoms with Crippen molar-refractivity contribution in [3.63, 3.8) is 0 Å². The molecular weight excluding hydrogens is 510 g/mol. The second-order valence-corrected chi connectivity index (χ2v) is 13.9. The topological polar surface area (TPSA) is 52.6 Å². The molecule has 0 aromatic heterocycles. The van der Waals surface area contributed by atoms with E-state index in [0.717, 1.165) is 41.3 Å². The summed E-state index contributed by atoms with van der Waals surface area (Å²) in [6, 6.07) is 18.3. The van der Waals surface area contributed by atoms with E-state index in [4.69, 9.17) is 31.7 Å². The van der Waals surface area contributed by atoms with Crippen LogP contribution >= 0.6 is 40.3 Å². The number of thioether (sulfide) groups is 1. The van der Waals surface area contributed by atoms with E-state index in [1.807, 2.05) is 30.3 Å². The monoisotopic (exact) mass is 544 g/mol. The number of carbonyl (C=O) groups is 1. The highest BCUT2D eigenvalue weighted by molar-refractivity contribution is 8.14. The molecule has 0 N–H and O–H groups in total. The third kappa shape index (κ3) is 13.3. The molecule has 0 aliphatic rings. The van der Waals surface area contributed by atoms with E-state index < -0.39 is 6.07 Å². The first kappa shape index (κ1) is 29.4. The Morgan fingerprint density at radius 2 is 1.50 bits per heavy atom. The molecule has 34 heavy (non-hydrogen) atoms. The molecule has 2 aromatic rings. The van der Waals surface area contributed by atoms with Gasteiger partial charge in [-0.15, -0.1) is 0 Å². The second kappa shape index (κ2) is 16.8. The fourth-order valence-electron chi connectivity index (χ4n) is 3.49. The number of halogens is 2. The van der Waals surface area contributed by atoms with E-state index in [9.17, 15) is 9.36 Å². The van der Waals surface area contributed by atoms with Gasteiger partial charge in [-0.1, -0.05) is 112 Å². The van der Waals surface area contributed by atoms with Crippen molar-refractivity contribution in [3.8, 4) is 11.1 Å². The molecule has 0 unspecified atom stereocenters. The van der Waals surface area contributed by atoms with Crippen LogP contribution in [0.5, 0.6) is 0 Å². The third-order valence-corrected chi connectivity index (χ3v) is 7.43. The number of carbonyl (C=O) groups excluding carboxylic acids is 1. The first-order chi connectivity index (χ1) is 16.4. The normalized spacial score (nSPS) is 12.6. The van der Waals surface area contributed by atoms with E-state index in [0.29, 0.717) is 13.0 Å². The molecule has 0 heterocycles. The lowest BCUT2D eigenvalue weighted by atomic mass is 10.0. The molecule has 4 nitrogen and oxygen atoms in total. The molecular formula is C26H35Cl2O4PS. The molecule has 1 atom stereocenters. The van der Waals surface area contributed by atoms with Gasteiger partial charge in [0.15, 0.2) is 5.12 Å². The Hall–Kier alpha value is -0.810. The summed E-state index contributed by atoms with van der Waals surface area (Å²) in [6.07, 6.45) is 4.95. The van der Waals surface area contributed by atoms with Crippen LogP contribution in [-0.4, -0.2) is 23.6 Å². The molecule has 0 aliphatic heterocycles. The molecule has 0 radical (unpaired) electrons. The van der Waals surface area contributed by atoms with E-state index in [1.54, 1.807) is 0 Å². The molecule has 0 spiro atoms. The van der Waals surface area contributed by atoms with Crippen LogP contribution in [0.3, 0.4) is 0 Å². The molecule has 0 bridgehead atoms. The van der Waals surface area contributed by atoms with Crippen LogP contribution < -0.4 is 0 Å². The summed E-state index contributed by atoms with van der Waals surface area (Å²) in [6.45, 7) is 2.86. The van der Waals surface area contributed by atoms with Crippen molar-refractivity contribution in [1.82, 2.24) is 0 Å². The van der Waals surface area contributed by atoms with Crippen LogP contribution in [-0.2, 0) is 25.2 Å². The number of rotatable bonds is 17. The molecule has 0 aliphatic carbocycles. The maximum Gasteiger partial charge on any atom is 0.380 e. The van der Waals surface area contributed by atoms with Crippen molar-refractivity contribution >= 4 is 45.4 Å². The number of ether oxygens (including phenoxy) is 1. The Morgan fingerprint density at radius 3 is 2.15 bits per heavy atom. The second-order valence-electron chi connectivity index (χ2n) is 8.27. The van der Waals surface area contributed by atoms with Crippen LogP contribution in [0.4, 0.5) is 0 Å². The maximum atomic E-state index is 12.4. The first-order valence-electron chi connectivity index (χ1n) is 11.9. The zero-order valence-corrected chi connectivity index (χ0v) is 23.0. The number of hydrogen-bond acceptors (Lipinski definition) is 5. The van der Waals surface area contributed by atoms with Crippen LogP contribution in [0.15, 0.2) is 54.6 Å². The summed E-state index contributed by atoms with van der Waals surface area (Å²) < 4.78 is 22.5. The van der Waals surface area contributed by atoms with Gasteiger partial charge in [0.2, 0.25) is 0 Å². The van der Waals surface area contributed by atoms with Crippen molar-refractivity contribution in [3.05, 3.63) is 60.2 Å². The molecule has 8 heteroatoms. The SMILES string of the molecule is CCCCCCCCCC(=O)S[C@H](COCc1ccc(-c2ccccc2)cc1)COP(=O)(Cl)Cl. The summed E-state index contributed by atoms with van der Waals surface area (Å²) in [4.78, 5) is 12.4. The van der Waals surface area contributed by atoms with Gasteiger partial charge < -0.3 is 9.26 Å². The van der Waals surface area contributed by atoms with Crippen LogP contribution in [0.2, 0.25) is 0 Å². The fraction of sp³-hybridized carbons (Fsp3) is 0.500. The first-order valence-corrected chi connectivity index (χ1v) is 16.2. The lowest BCUT2D eigenvalue weighted by Crippen LogP contribution is -2.20. The Balaban J connectivity index is 1.77. The molecule has 0 amide bonds. The van der Waals surface area contributed by atoms with Crippen molar-refractivity contribution in [1.29, 1.82) is 0 Å². The van der Waals surface area contributed by atoms with Gasteiger partial charge in [-0.05, 0) is 45.6 Å². The Kier molecular flexibility index (Phi) is 14.5. The highest BCUT2D eigenvalue weighted by Crippen LogP contribution is 2.57. The molecule has 2 rings (SSSR count). The third-order valence-electron chi connectivity index (χ3n) is 5.33. The lowest BCUT2D eigenvalue weighted by Gasteiger charge is -2.16. The summed E-state index contributed by atoms with van der Waals surface area (Å²) in [7, 11) is 0. The van der Waals surface area contributed by atoms with Crippen LogP contribution in [0.25, 0.3) is 11.1 Å². The summed E-state index contributed by atoms with van der Waals surface area (Å²) in [5, 5.41) is -0.247. The highest BCUT2D eigenvalue weighted by atomic mass is 35.9. The van der Waals surface area contributed by atoms with E-state index >= 15 is 0 Å². The zero-order valence-electron chi connectivity index (χ0n) is 19.8. The van der Waals surface area contributed by atoms with Gasteiger partial charge in [0.25, 0.3) is 0 Å². The molecule has 0 saturated heterocycles.